The van der Waals surface area contributed by atoms with Gasteiger partial charge in [0.05, 0.1) is 0 Å². The highest BCUT2D eigenvalue weighted by Gasteiger charge is 2.34. The Morgan fingerprint density at radius 2 is 1.57 bits per heavy atom. The molecule has 3 heterocycles. The largest absolute Gasteiger partial charge is 0.338 e. The number of hydrogen-bond acceptors (Lipinski definition) is 5. The molecule has 2 saturated heterocycles. The van der Waals surface area contributed by atoms with Crippen molar-refractivity contribution in [3.63, 3.8) is 0 Å². The molecule has 7 heteroatoms. The van der Waals surface area contributed by atoms with E-state index in [2.05, 4.69) is 29.7 Å². The maximum absolute atomic E-state index is 12.9. The van der Waals surface area contributed by atoms with Crippen LogP contribution in [-0.4, -0.2) is 58.8 Å². The van der Waals surface area contributed by atoms with Gasteiger partial charge in [0.15, 0.2) is 0 Å². The lowest BCUT2D eigenvalue weighted by molar-refractivity contribution is -0.134. The van der Waals surface area contributed by atoms with E-state index in [0.29, 0.717) is 44.1 Å². The third-order valence-electron chi connectivity index (χ3n) is 6.01. The first kappa shape index (κ1) is 20.5. The first-order valence-corrected chi connectivity index (χ1v) is 10.6. The SMILES string of the molecule is CC(C)c1ccc(C(=O)N2CCN(C(=O)C3CC(c4ccncc4)NN3)CC2)cc1. The number of hydrazine groups is 1. The van der Waals surface area contributed by atoms with Gasteiger partial charge in [0.2, 0.25) is 5.91 Å². The van der Waals surface area contributed by atoms with E-state index >= 15 is 0 Å². The van der Waals surface area contributed by atoms with E-state index in [0.717, 1.165) is 5.56 Å². The lowest BCUT2D eigenvalue weighted by Gasteiger charge is -2.36. The molecule has 2 fully saturated rings. The summed E-state index contributed by atoms with van der Waals surface area (Å²) in [5, 5.41) is 0. The molecule has 4 rings (SSSR count). The van der Waals surface area contributed by atoms with Gasteiger partial charge in [0.1, 0.15) is 6.04 Å². The third kappa shape index (κ3) is 4.37. The van der Waals surface area contributed by atoms with Gasteiger partial charge in [0.25, 0.3) is 5.91 Å². The van der Waals surface area contributed by atoms with Crippen LogP contribution in [0.25, 0.3) is 0 Å². The van der Waals surface area contributed by atoms with E-state index in [1.54, 1.807) is 12.4 Å². The van der Waals surface area contributed by atoms with Crippen LogP contribution in [0.4, 0.5) is 0 Å². The molecule has 0 saturated carbocycles. The van der Waals surface area contributed by atoms with Crippen LogP contribution < -0.4 is 10.9 Å². The molecule has 0 bridgehead atoms. The first-order chi connectivity index (χ1) is 14.5. The second-order valence-corrected chi connectivity index (χ2v) is 8.30. The van der Waals surface area contributed by atoms with Gasteiger partial charge >= 0.3 is 0 Å². The van der Waals surface area contributed by atoms with Gasteiger partial charge in [-0.2, -0.15) is 0 Å². The third-order valence-corrected chi connectivity index (χ3v) is 6.01. The Bertz CT molecular complexity index is 876. The maximum Gasteiger partial charge on any atom is 0.253 e. The maximum atomic E-state index is 12.9. The molecule has 0 aliphatic carbocycles. The highest BCUT2D eigenvalue weighted by atomic mass is 16.2. The summed E-state index contributed by atoms with van der Waals surface area (Å²) in [5.41, 5.74) is 9.40. The Morgan fingerprint density at radius 3 is 2.20 bits per heavy atom. The van der Waals surface area contributed by atoms with Crippen LogP contribution in [0.2, 0.25) is 0 Å². The number of carbonyl (C=O) groups is 2. The van der Waals surface area contributed by atoms with Gasteiger partial charge in [-0.3, -0.25) is 14.6 Å². The summed E-state index contributed by atoms with van der Waals surface area (Å²) in [6.45, 7) is 6.52. The molecular formula is C23H29N5O2. The standard InChI is InChI=1S/C23H29N5O2/c1-16(2)17-3-5-19(6-4-17)22(29)27-11-13-28(14-12-27)23(30)21-15-20(25-26-21)18-7-9-24-10-8-18/h3-10,16,20-21,25-26H,11-15H2,1-2H3. The molecule has 0 radical (unpaired) electrons. The molecule has 30 heavy (non-hydrogen) atoms. The van der Waals surface area contributed by atoms with Crippen molar-refractivity contribution in [1.29, 1.82) is 0 Å². The summed E-state index contributed by atoms with van der Waals surface area (Å²) < 4.78 is 0. The van der Waals surface area contributed by atoms with Gasteiger partial charge in [-0.05, 0) is 47.7 Å². The fraction of sp³-hybridized carbons (Fsp3) is 0.435. The van der Waals surface area contributed by atoms with Crippen LogP contribution >= 0.6 is 0 Å². The van der Waals surface area contributed by atoms with Gasteiger partial charge in [-0.15, -0.1) is 0 Å². The van der Waals surface area contributed by atoms with E-state index in [-0.39, 0.29) is 23.9 Å². The van der Waals surface area contributed by atoms with Crippen molar-refractivity contribution in [2.75, 3.05) is 26.2 Å². The predicted octanol–water partition coefficient (Wildman–Crippen LogP) is 2.10. The Kier molecular flexibility index (Phi) is 6.11. The number of rotatable bonds is 4. The summed E-state index contributed by atoms with van der Waals surface area (Å²) in [4.78, 5) is 33.5. The number of nitrogens with one attached hydrogen (secondary N) is 2. The Balaban J connectivity index is 1.30. The molecule has 2 aliphatic rings. The molecule has 2 atom stereocenters. The second kappa shape index (κ2) is 8.93. The van der Waals surface area contributed by atoms with Crippen molar-refractivity contribution in [2.45, 2.75) is 38.3 Å². The van der Waals surface area contributed by atoms with Crippen molar-refractivity contribution in [2.24, 2.45) is 0 Å². The molecule has 2 amide bonds. The van der Waals surface area contributed by atoms with Crippen LogP contribution in [0.3, 0.4) is 0 Å². The van der Waals surface area contributed by atoms with Crippen molar-refractivity contribution in [1.82, 2.24) is 25.6 Å². The summed E-state index contributed by atoms with van der Waals surface area (Å²) in [6.07, 6.45) is 4.22. The topological polar surface area (TPSA) is 77.6 Å². The first-order valence-electron chi connectivity index (χ1n) is 10.6. The van der Waals surface area contributed by atoms with E-state index < -0.39 is 0 Å². The van der Waals surface area contributed by atoms with Crippen LogP contribution in [0, 0.1) is 0 Å². The molecule has 2 aromatic rings. The number of hydrogen-bond donors (Lipinski definition) is 2. The molecule has 158 valence electrons. The Hall–Kier alpha value is -2.77. The minimum atomic E-state index is -0.256. The molecule has 2 unspecified atom stereocenters. The molecule has 2 N–H and O–H groups in total. The molecular weight excluding hydrogens is 378 g/mol. The van der Waals surface area contributed by atoms with Gasteiger partial charge < -0.3 is 9.80 Å². The fourth-order valence-corrected chi connectivity index (χ4v) is 4.08. The number of benzene rings is 1. The van der Waals surface area contributed by atoms with E-state index in [1.165, 1.54) is 5.56 Å². The smallest absolute Gasteiger partial charge is 0.253 e. The van der Waals surface area contributed by atoms with Crippen LogP contribution in [0.5, 0.6) is 0 Å². The molecule has 0 spiro atoms. The number of amides is 2. The zero-order valence-corrected chi connectivity index (χ0v) is 17.5. The summed E-state index contributed by atoms with van der Waals surface area (Å²) in [5.74, 6) is 0.573. The second-order valence-electron chi connectivity index (χ2n) is 8.30. The quantitative estimate of drug-likeness (QED) is 0.812. The highest BCUT2D eigenvalue weighted by molar-refractivity contribution is 5.94. The van der Waals surface area contributed by atoms with Crippen molar-refractivity contribution < 1.29 is 9.59 Å². The zero-order valence-electron chi connectivity index (χ0n) is 17.5. The lowest BCUT2D eigenvalue weighted by Crippen LogP contribution is -2.54. The normalized spacial score (nSPS) is 21.8. The summed E-state index contributed by atoms with van der Waals surface area (Å²) >= 11 is 0. The van der Waals surface area contributed by atoms with Crippen LogP contribution in [0.15, 0.2) is 48.8 Å². The van der Waals surface area contributed by atoms with Crippen molar-refractivity contribution in [3.8, 4) is 0 Å². The minimum absolute atomic E-state index is 0.0378. The highest BCUT2D eigenvalue weighted by Crippen LogP contribution is 2.23. The van der Waals surface area contributed by atoms with E-state index in [4.69, 9.17) is 0 Å². The molecule has 7 nitrogen and oxygen atoms in total. The number of carbonyl (C=O) groups excluding carboxylic acids is 2. The minimum Gasteiger partial charge on any atom is -0.338 e. The number of pyridine rings is 1. The lowest BCUT2D eigenvalue weighted by atomic mass is 10.0. The average Bonchev–Trinajstić information content (AvgIpc) is 3.29. The number of nitrogens with zero attached hydrogens (tertiary/aromatic N) is 3. The number of piperazine rings is 1. The zero-order chi connectivity index (χ0) is 21.1. The Labute approximate surface area is 177 Å². The molecule has 1 aromatic carbocycles. The van der Waals surface area contributed by atoms with Gasteiger partial charge in [-0.25, -0.2) is 10.9 Å². The van der Waals surface area contributed by atoms with E-state index in [9.17, 15) is 9.59 Å². The average molecular weight is 408 g/mol. The van der Waals surface area contributed by atoms with Crippen molar-refractivity contribution >= 4 is 11.8 Å². The summed E-state index contributed by atoms with van der Waals surface area (Å²) in [6, 6.07) is 11.6. The molecule has 2 aliphatic heterocycles. The van der Waals surface area contributed by atoms with E-state index in [1.807, 2.05) is 46.2 Å². The van der Waals surface area contributed by atoms with Gasteiger partial charge in [0, 0.05) is 50.2 Å². The molecule has 1 aromatic heterocycles. The van der Waals surface area contributed by atoms with Crippen molar-refractivity contribution in [3.05, 3.63) is 65.5 Å². The van der Waals surface area contributed by atoms with Crippen LogP contribution in [-0.2, 0) is 4.79 Å². The monoisotopic (exact) mass is 407 g/mol. The number of aromatic nitrogens is 1. The fourth-order valence-electron chi connectivity index (χ4n) is 4.08. The Morgan fingerprint density at radius 1 is 0.933 bits per heavy atom. The van der Waals surface area contributed by atoms with Crippen LogP contribution in [0.1, 0.15) is 53.7 Å². The van der Waals surface area contributed by atoms with Gasteiger partial charge in [-0.1, -0.05) is 26.0 Å². The predicted molar refractivity (Wildman–Crippen MR) is 115 cm³/mol. The summed E-state index contributed by atoms with van der Waals surface area (Å²) in [7, 11) is 0.